The second kappa shape index (κ2) is 2.36. The Balaban J connectivity index is 2.14. The largest absolute Gasteiger partial charge is 0.464 e. The highest BCUT2D eigenvalue weighted by Crippen LogP contribution is 2.38. The van der Waals surface area contributed by atoms with Gasteiger partial charge in [0, 0.05) is 5.56 Å². The molecular weight excluding hydrogens is 166 g/mol. The average Bonchev–Trinajstić information content (AvgIpc) is 2.65. The zero-order valence-corrected chi connectivity index (χ0v) is 6.81. The van der Waals surface area contributed by atoms with E-state index in [1.54, 1.807) is 12.5 Å². The Labute approximate surface area is 75.3 Å². The molecule has 0 saturated carbocycles. The smallest absolute Gasteiger partial charge is 0.185 e. The molecule has 0 aliphatic carbocycles. The van der Waals surface area contributed by atoms with Crippen LogP contribution in [-0.2, 0) is 4.84 Å². The molecule has 0 amide bonds. The molecule has 2 aliphatic rings. The van der Waals surface area contributed by atoms with Crippen molar-refractivity contribution in [2.45, 2.75) is 6.10 Å². The third kappa shape index (κ3) is 0.869. The molecule has 3 nitrogen and oxygen atoms in total. The fourth-order valence-corrected chi connectivity index (χ4v) is 1.55. The molecule has 2 heterocycles. The van der Waals surface area contributed by atoms with Crippen LogP contribution in [-0.4, -0.2) is 6.21 Å². The molecule has 0 fully saturated rings. The minimum absolute atomic E-state index is 0.0649. The monoisotopic (exact) mass is 173 g/mol. The van der Waals surface area contributed by atoms with E-state index in [1.165, 1.54) is 0 Å². The Hall–Kier alpha value is -1.77. The third-order valence-electron chi connectivity index (χ3n) is 2.19. The van der Waals surface area contributed by atoms with Gasteiger partial charge in [-0.15, -0.1) is 0 Å². The van der Waals surface area contributed by atoms with Crippen LogP contribution in [0.5, 0.6) is 5.75 Å². The molecular formula is C10H7NO2. The van der Waals surface area contributed by atoms with Gasteiger partial charge < -0.3 is 9.57 Å². The maximum absolute atomic E-state index is 5.40. The Bertz CT molecular complexity index is 409. The Kier molecular flexibility index (Phi) is 1.22. The maximum Gasteiger partial charge on any atom is 0.185 e. The van der Waals surface area contributed by atoms with Gasteiger partial charge in [-0.05, 0) is 6.07 Å². The summed E-state index contributed by atoms with van der Waals surface area (Å²) < 4.78 is 5.40. The van der Waals surface area contributed by atoms with Gasteiger partial charge in [0.25, 0.3) is 0 Å². The van der Waals surface area contributed by atoms with Gasteiger partial charge in [-0.1, -0.05) is 23.4 Å². The summed E-state index contributed by atoms with van der Waals surface area (Å²) in [6, 6.07) is 7.81. The molecule has 1 atom stereocenters. The zero-order chi connectivity index (χ0) is 8.67. The van der Waals surface area contributed by atoms with Crippen LogP contribution < -0.4 is 4.74 Å². The van der Waals surface area contributed by atoms with Crippen LogP contribution in [0.4, 0.5) is 0 Å². The van der Waals surface area contributed by atoms with E-state index >= 15 is 0 Å². The lowest BCUT2D eigenvalue weighted by Gasteiger charge is -2.18. The average molecular weight is 173 g/mol. The number of nitrogens with zero attached hydrogens (tertiary/aromatic N) is 1. The van der Waals surface area contributed by atoms with Gasteiger partial charge in [0.2, 0.25) is 0 Å². The van der Waals surface area contributed by atoms with Gasteiger partial charge in [-0.3, -0.25) is 0 Å². The van der Waals surface area contributed by atoms with Crippen molar-refractivity contribution in [1.82, 2.24) is 0 Å². The number of oxime groups is 1. The first-order valence-corrected chi connectivity index (χ1v) is 4.10. The lowest BCUT2D eigenvalue weighted by atomic mass is 10.0. The molecule has 2 aliphatic heterocycles. The van der Waals surface area contributed by atoms with Crippen molar-refractivity contribution in [2.24, 2.45) is 5.16 Å². The molecule has 3 heteroatoms. The second-order valence-corrected chi connectivity index (χ2v) is 2.99. The highest BCUT2D eigenvalue weighted by molar-refractivity contribution is 5.82. The molecule has 13 heavy (non-hydrogen) atoms. The standard InChI is InChI=1S/C10H7NO2/c1-2-4-9-8(3-1)10-7(6-12-9)5-11-13-10/h1-6,10H. The summed E-state index contributed by atoms with van der Waals surface area (Å²) in [5.74, 6) is 0.849. The summed E-state index contributed by atoms with van der Waals surface area (Å²) in [6.45, 7) is 0. The van der Waals surface area contributed by atoms with Crippen molar-refractivity contribution in [3.05, 3.63) is 41.7 Å². The lowest BCUT2D eigenvalue weighted by Crippen LogP contribution is -2.08. The van der Waals surface area contributed by atoms with Crippen LogP contribution in [0.15, 0.2) is 41.3 Å². The van der Waals surface area contributed by atoms with Crippen LogP contribution in [0.3, 0.4) is 0 Å². The Morgan fingerprint density at radius 1 is 1.23 bits per heavy atom. The highest BCUT2D eigenvalue weighted by Gasteiger charge is 2.28. The fourth-order valence-electron chi connectivity index (χ4n) is 1.55. The van der Waals surface area contributed by atoms with Crippen LogP contribution >= 0.6 is 0 Å². The molecule has 0 saturated heterocycles. The molecule has 0 radical (unpaired) electrons. The van der Waals surface area contributed by atoms with Crippen molar-refractivity contribution >= 4 is 6.21 Å². The van der Waals surface area contributed by atoms with Crippen molar-refractivity contribution in [3.8, 4) is 5.75 Å². The van der Waals surface area contributed by atoms with Gasteiger partial charge >= 0.3 is 0 Å². The predicted octanol–water partition coefficient (Wildman–Crippen LogP) is 2.02. The lowest BCUT2D eigenvalue weighted by molar-refractivity contribution is 0.0985. The first-order valence-electron chi connectivity index (χ1n) is 4.10. The van der Waals surface area contributed by atoms with Crippen molar-refractivity contribution in [2.75, 3.05) is 0 Å². The van der Waals surface area contributed by atoms with E-state index in [2.05, 4.69) is 5.16 Å². The molecule has 0 spiro atoms. The van der Waals surface area contributed by atoms with Crippen LogP contribution in [0.25, 0.3) is 0 Å². The number of rotatable bonds is 0. The highest BCUT2D eigenvalue weighted by atomic mass is 16.6. The molecule has 1 aromatic rings. The molecule has 0 bridgehead atoms. The van der Waals surface area contributed by atoms with Gasteiger partial charge in [-0.2, -0.15) is 0 Å². The molecule has 64 valence electrons. The van der Waals surface area contributed by atoms with E-state index in [1.807, 2.05) is 24.3 Å². The van der Waals surface area contributed by atoms with Crippen molar-refractivity contribution < 1.29 is 9.57 Å². The zero-order valence-electron chi connectivity index (χ0n) is 6.81. The summed E-state index contributed by atoms with van der Waals surface area (Å²) in [5, 5.41) is 3.75. The number of hydrogen-bond donors (Lipinski definition) is 0. The summed E-state index contributed by atoms with van der Waals surface area (Å²) >= 11 is 0. The quantitative estimate of drug-likeness (QED) is 0.601. The SMILES string of the molecule is C1=NOC2C1=COc1ccccc12. The van der Waals surface area contributed by atoms with E-state index in [-0.39, 0.29) is 6.10 Å². The number of fused-ring (bicyclic) bond motifs is 3. The van der Waals surface area contributed by atoms with E-state index in [4.69, 9.17) is 9.57 Å². The second-order valence-electron chi connectivity index (χ2n) is 2.99. The number of para-hydroxylation sites is 1. The predicted molar refractivity (Wildman–Crippen MR) is 47.5 cm³/mol. The minimum Gasteiger partial charge on any atom is -0.464 e. The van der Waals surface area contributed by atoms with Gasteiger partial charge in [0.15, 0.2) is 6.10 Å². The molecule has 1 unspecified atom stereocenters. The first-order chi connectivity index (χ1) is 6.45. The van der Waals surface area contributed by atoms with Crippen LogP contribution in [0.2, 0.25) is 0 Å². The fraction of sp³-hybridized carbons (Fsp3) is 0.100. The summed E-state index contributed by atoms with van der Waals surface area (Å²) in [6.07, 6.45) is 3.30. The van der Waals surface area contributed by atoms with E-state index in [0.717, 1.165) is 16.9 Å². The normalized spacial score (nSPS) is 22.5. The van der Waals surface area contributed by atoms with Crippen molar-refractivity contribution in [3.63, 3.8) is 0 Å². The van der Waals surface area contributed by atoms with Gasteiger partial charge in [0.05, 0.1) is 11.8 Å². The third-order valence-corrected chi connectivity index (χ3v) is 2.19. The molecule has 0 N–H and O–H groups in total. The number of benzene rings is 1. The van der Waals surface area contributed by atoms with E-state index in [9.17, 15) is 0 Å². The Morgan fingerprint density at radius 2 is 2.15 bits per heavy atom. The summed E-state index contributed by atoms with van der Waals surface area (Å²) in [5.41, 5.74) is 2.01. The molecule has 0 aromatic heterocycles. The minimum atomic E-state index is -0.0649. The maximum atomic E-state index is 5.40. The Morgan fingerprint density at radius 3 is 3.15 bits per heavy atom. The topological polar surface area (TPSA) is 30.8 Å². The van der Waals surface area contributed by atoms with E-state index < -0.39 is 0 Å². The van der Waals surface area contributed by atoms with E-state index in [0.29, 0.717) is 0 Å². The van der Waals surface area contributed by atoms with Gasteiger partial charge in [0.1, 0.15) is 12.0 Å². The summed E-state index contributed by atoms with van der Waals surface area (Å²) in [7, 11) is 0. The number of hydrogen-bond acceptors (Lipinski definition) is 3. The van der Waals surface area contributed by atoms with Gasteiger partial charge in [-0.25, -0.2) is 0 Å². The first kappa shape index (κ1) is 6.71. The summed E-state index contributed by atoms with van der Waals surface area (Å²) in [4.78, 5) is 5.20. The number of ether oxygens (including phenoxy) is 1. The van der Waals surface area contributed by atoms with Crippen LogP contribution in [0, 0.1) is 0 Å². The van der Waals surface area contributed by atoms with Crippen molar-refractivity contribution in [1.29, 1.82) is 0 Å². The van der Waals surface area contributed by atoms with Crippen LogP contribution in [0.1, 0.15) is 11.7 Å². The molecule has 3 rings (SSSR count). The molecule has 1 aromatic carbocycles.